The highest BCUT2D eigenvalue weighted by molar-refractivity contribution is 6.31. The lowest BCUT2D eigenvalue weighted by Crippen LogP contribution is -2.45. The van der Waals surface area contributed by atoms with Crippen LogP contribution in [0.2, 0.25) is 5.02 Å². The second-order valence-electron chi connectivity index (χ2n) is 6.35. The Morgan fingerprint density at radius 2 is 2.12 bits per heavy atom. The number of piperidine rings is 1. The maximum absolute atomic E-state index is 12.6. The van der Waals surface area contributed by atoms with Crippen LogP contribution in [0.3, 0.4) is 0 Å². The molecular formula is C18H22ClN3O2. The number of benzene rings is 1. The number of hydrogen-bond acceptors (Lipinski definition) is 3. The molecule has 1 saturated heterocycles. The van der Waals surface area contributed by atoms with Crippen molar-refractivity contribution in [3.8, 4) is 11.6 Å². The molecule has 2 heterocycles. The molecule has 128 valence electrons. The summed E-state index contributed by atoms with van der Waals surface area (Å²) in [7, 11) is 0. The Kier molecular flexibility index (Phi) is 5.09. The molecule has 5 nitrogen and oxygen atoms in total. The van der Waals surface area contributed by atoms with Gasteiger partial charge in [-0.25, -0.2) is 4.68 Å². The van der Waals surface area contributed by atoms with Gasteiger partial charge in [-0.1, -0.05) is 36.7 Å². The lowest BCUT2D eigenvalue weighted by Gasteiger charge is -2.32. The molecule has 3 rings (SSSR count). The van der Waals surface area contributed by atoms with Crippen LogP contribution in [-0.4, -0.2) is 39.8 Å². The van der Waals surface area contributed by atoms with E-state index in [2.05, 4.69) is 12.0 Å². The molecule has 2 atom stereocenters. The third-order valence-corrected chi connectivity index (χ3v) is 4.52. The summed E-state index contributed by atoms with van der Waals surface area (Å²) in [6, 6.07) is 9.64. The summed E-state index contributed by atoms with van der Waals surface area (Å²) >= 11 is 6.22. The minimum absolute atomic E-state index is 0.00752. The lowest BCUT2D eigenvalue weighted by molar-refractivity contribution is -0.139. The van der Waals surface area contributed by atoms with Crippen molar-refractivity contribution in [3.05, 3.63) is 41.6 Å². The summed E-state index contributed by atoms with van der Waals surface area (Å²) in [4.78, 5) is 14.4. The largest absolute Gasteiger partial charge is 0.462 e. The molecule has 1 aliphatic rings. The van der Waals surface area contributed by atoms with Crippen molar-refractivity contribution in [2.45, 2.75) is 32.8 Å². The minimum atomic E-state index is -0.605. The molecule has 1 aromatic carbocycles. The highest BCUT2D eigenvalue weighted by Crippen LogP contribution is 2.25. The van der Waals surface area contributed by atoms with E-state index < -0.39 is 6.10 Å². The van der Waals surface area contributed by atoms with Gasteiger partial charge in [0.25, 0.3) is 11.8 Å². The summed E-state index contributed by atoms with van der Waals surface area (Å²) < 4.78 is 7.39. The van der Waals surface area contributed by atoms with Crippen LogP contribution >= 0.6 is 11.6 Å². The van der Waals surface area contributed by atoms with Gasteiger partial charge in [-0.2, -0.15) is 0 Å². The second-order valence-corrected chi connectivity index (χ2v) is 6.76. The van der Waals surface area contributed by atoms with Crippen molar-refractivity contribution in [2.75, 3.05) is 13.1 Å². The van der Waals surface area contributed by atoms with Crippen LogP contribution in [-0.2, 0) is 4.79 Å². The van der Waals surface area contributed by atoms with Crippen molar-refractivity contribution in [1.82, 2.24) is 14.7 Å². The summed E-state index contributed by atoms with van der Waals surface area (Å²) in [5.74, 6) is 0.814. The van der Waals surface area contributed by atoms with Crippen LogP contribution in [0.4, 0.5) is 0 Å². The standard InChI is InChI=1S/C18H22ClN3O2/c1-13-7-6-10-21(11-13)18(23)14(2)24-17-16(19)12-22(20-17)15-8-4-3-5-9-15/h3-5,8-9,12-14H,6-7,10-11H2,1-2H3/t13-,14+/m0/s1. The Labute approximate surface area is 147 Å². The van der Waals surface area contributed by atoms with Gasteiger partial charge in [-0.15, -0.1) is 5.10 Å². The molecule has 1 aliphatic heterocycles. The Bertz CT molecular complexity index is 702. The molecule has 0 aliphatic carbocycles. The van der Waals surface area contributed by atoms with E-state index in [4.69, 9.17) is 16.3 Å². The van der Waals surface area contributed by atoms with E-state index in [1.165, 1.54) is 6.42 Å². The van der Waals surface area contributed by atoms with Gasteiger partial charge in [-0.3, -0.25) is 4.79 Å². The number of likely N-dealkylation sites (tertiary alicyclic amines) is 1. The van der Waals surface area contributed by atoms with Crippen LogP contribution in [0.25, 0.3) is 5.69 Å². The molecule has 0 N–H and O–H groups in total. The number of rotatable bonds is 4. The quantitative estimate of drug-likeness (QED) is 0.849. The highest BCUT2D eigenvalue weighted by Gasteiger charge is 2.27. The maximum atomic E-state index is 12.6. The van der Waals surface area contributed by atoms with E-state index in [1.54, 1.807) is 17.8 Å². The van der Waals surface area contributed by atoms with E-state index in [0.29, 0.717) is 10.9 Å². The van der Waals surface area contributed by atoms with Gasteiger partial charge in [0.05, 0.1) is 11.9 Å². The minimum Gasteiger partial charge on any atom is -0.462 e. The summed E-state index contributed by atoms with van der Waals surface area (Å²) in [6.07, 6.45) is 3.30. The van der Waals surface area contributed by atoms with Gasteiger partial charge in [0, 0.05) is 13.1 Å². The zero-order valence-corrected chi connectivity index (χ0v) is 14.7. The molecule has 1 amide bonds. The van der Waals surface area contributed by atoms with Crippen molar-refractivity contribution in [2.24, 2.45) is 5.92 Å². The number of para-hydroxylation sites is 1. The van der Waals surface area contributed by atoms with Gasteiger partial charge < -0.3 is 9.64 Å². The van der Waals surface area contributed by atoms with Crippen molar-refractivity contribution < 1.29 is 9.53 Å². The van der Waals surface area contributed by atoms with E-state index in [0.717, 1.165) is 25.2 Å². The Balaban J connectivity index is 1.69. The summed E-state index contributed by atoms with van der Waals surface area (Å²) in [5, 5.41) is 4.75. The average Bonchev–Trinajstić information content (AvgIpc) is 2.95. The van der Waals surface area contributed by atoms with E-state index >= 15 is 0 Å². The van der Waals surface area contributed by atoms with Crippen LogP contribution in [0, 0.1) is 5.92 Å². The fraction of sp³-hybridized carbons (Fsp3) is 0.444. The predicted octanol–water partition coefficient (Wildman–Crippen LogP) is 3.55. The van der Waals surface area contributed by atoms with E-state index in [-0.39, 0.29) is 11.8 Å². The molecule has 24 heavy (non-hydrogen) atoms. The lowest BCUT2D eigenvalue weighted by atomic mass is 10.00. The SMILES string of the molecule is C[C@H]1CCCN(C(=O)[C@@H](C)Oc2nn(-c3ccccc3)cc2Cl)C1. The topological polar surface area (TPSA) is 47.4 Å². The number of carbonyl (C=O) groups excluding carboxylic acids is 1. The van der Waals surface area contributed by atoms with Crippen molar-refractivity contribution >= 4 is 17.5 Å². The van der Waals surface area contributed by atoms with Crippen molar-refractivity contribution in [1.29, 1.82) is 0 Å². The number of hydrogen-bond donors (Lipinski definition) is 0. The van der Waals surface area contributed by atoms with Crippen molar-refractivity contribution in [3.63, 3.8) is 0 Å². The predicted molar refractivity (Wildman–Crippen MR) is 93.6 cm³/mol. The number of amides is 1. The monoisotopic (exact) mass is 347 g/mol. The Morgan fingerprint density at radius 1 is 1.38 bits per heavy atom. The molecule has 1 fully saturated rings. The third-order valence-electron chi connectivity index (χ3n) is 4.26. The highest BCUT2D eigenvalue weighted by atomic mass is 35.5. The van der Waals surface area contributed by atoms with Crippen LogP contribution < -0.4 is 4.74 Å². The van der Waals surface area contributed by atoms with E-state index in [1.807, 2.05) is 35.2 Å². The first-order valence-electron chi connectivity index (χ1n) is 8.30. The molecular weight excluding hydrogens is 326 g/mol. The molecule has 0 bridgehead atoms. The van der Waals surface area contributed by atoms with Crippen LogP contribution in [0.1, 0.15) is 26.7 Å². The summed E-state index contributed by atoms with van der Waals surface area (Å²) in [6.45, 7) is 5.50. The molecule has 0 saturated carbocycles. The smallest absolute Gasteiger partial charge is 0.263 e. The Hall–Kier alpha value is -2.01. The van der Waals surface area contributed by atoms with Gasteiger partial charge in [-0.05, 0) is 37.8 Å². The second kappa shape index (κ2) is 7.26. The van der Waals surface area contributed by atoms with Gasteiger partial charge in [0.2, 0.25) is 0 Å². The zero-order chi connectivity index (χ0) is 17.1. The van der Waals surface area contributed by atoms with Gasteiger partial charge >= 0.3 is 0 Å². The molecule has 1 aromatic heterocycles. The Morgan fingerprint density at radius 3 is 2.83 bits per heavy atom. The van der Waals surface area contributed by atoms with E-state index in [9.17, 15) is 4.79 Å². The number of aromatic nitrogens is 2. The van der Waals surface area contributed by atoms with Gasteiger partial charge in [0.1, 0.15) is 5.02 Å². The number of halogens is 1. The molecule has 6 heteroatoms. The third kappa shape index (κ3) is 3.73. The first-order chi connectivity index (χ1) is 11.5. The maximum Gasteiger partial charge on any atom is 0.263 e. The normalized spacial score (nSPS) is 19.1. The molecule has 2 aromatic rings. The van der Waals surface area contributed by atoms with Gasteiger partial charge in [0.15, 0.2) is 6.10 Å². The first kappa shape index (κ1) is 16.8. The fourth-order valence-corrected chi connectivity index (χ4v) is 3.17. The van der Waals surface area contributed by atoms with Crippen LogP contribution in [0.5, 0.6) is 5.88 Å². The average molecular weight is 348 g/mol. The first-order valence-corrected chi connectivity index (χ1v) is 8.68. The summed E-state index contributed by atoms with van der Waals surface area (Å²) in [5.41, 5.74) is 0.887. The number of ether oxygens (including phenoxy) is 1. The molecule has 0 unspecified atom stereocenters. The number of nitrogens with zero attached hydrogens (tertiary/aromatic N) is 3. The van der Waals surface area contributed by atoms with Crippen LogP contribution in [0.15, 0.2) is 36.5 Å². The molecule has 0 spiro atoms. The number of carbonyl (C=O) groups is 1. The molecule has 0 radical (unpaired) electrons. The fourth-order valence-electron chi connectivity index (χ4n) is 2.99. The zero-order valence-electron chi connectivity index (χ0n) is 14.0.